The second-order valence-corrected chi connectivity index (χ2v) is 9.42. The number of nitrogens with zero attached hydrogens (tertiary/aromatic N) is 1. The Kier molecular flexibility index (Phi) is 6.25. The molecule has 2 N–H and O–H groups in total. The van der Waals surface area contributed by atoms with Gasteiger partial charge in [-0.05, 0) is 55.5 Å². The number of anilines is 1. The average Bonchev–Trinajstić information content (AvgIpc) is 3.19. The molecule has 1 amide bonds. The van der Waals surface area contributed by atoms with Crippen LogP contribution in [0.3, 0.4) is 0 Å². The lowest BCUT2D eigenvalue weighted by molar-refractivity contribution is -0.121. The number of carbonyl (C=O) groups is 1. The van der Waals surface area contributed by atoms with Crippen molar-refractivity contribution in [1.29, 1.82) is 0 Å². The molecule has 1 aromatic carbocycles. The molecule has 27 heavy (non-hydrogen) atoms. The third kappa shape index (κ3) is 5.13. The third-order valence-corrected chi connectivity index (χ3v) is 7.57. The van der Waals surface area contributed by atoms with Gasteiger partial charge in [0, 0.05) is 24.8 Å². The van der Waals surface area contributed by atoms with Gasteiger partial charge in [0.05, 0.1) is 6.04 Å². The molecule has 2 aromatic rings. The van der Waals surface area contributed by atoms with E-state index >= 15 is 0 Å². The predicted octanol–water partition coefficient (Wildman–Crippen LogP) is 2.66. The van der Waals surface area contributed by atoms with E-state index < -0.39 is 10.0 Å². The molecule has 0 spiro atoms. The Balaban J connectivity index is 1.51. The van der Waals surface area contributed by atoms with E-state index in [-0.39, 0.29) is 23.8 Å². The summed E-state index contributed by atoms with van der Waals surface area (Å²) in [6.07, 6.45) is 1.28. The van der Waals surface area contributed by atoms with Crippen LogP contribution in [0.2, 0.25) is 0 Å². The van der Waals surface area contributed by atoms with Gasteiger partial charge >= 0.3 is 0 Å². The van der Waals surface area contributed by atoms with Crippen LogP contribution in [0.15, 0.2) is 46.0 Å². The van der Waals surface area contributed by atoms with Crippen LogP contribution in [0.5, 0.6) is 0 Å². The lowest BCUT2D eigenvalue weighted by Crippen LogP contribution is -2.50. The number of nitrogens with one attached hydrogen (secondary N) is 2. The first-order valence-electron chi connectivity index (χ1n) is 8.71. The minimum absolute atomic E-state index is 0.138. The molecule has 146 valence electrons. The van der Waals surface area contributed by atoms with E-state index in [1.807, 2.05) is 11.8 Å². The highest BCUT2D eigenvalue weighted by Gasteiger charge is 2.29. The Labute approximate surface area is 162 Å². The first-order chi connectivity index (χ1) is 12.8. The number of benzene rings is 1. The fourth-order valence-electron chi connectivity index (χ4n) is 3.04. The lowest BCUT2D eigenvalue weighted by Gasteiger charge is -2.35. The molecule has 0 radical (unpaired) electrons. The van der Waals surface area contributed by atoms with Crippen molar-refractivity contribution in [3.05, 3.63) is 47.6 Å². The summed E-state index contributed by atoms with van der Waals surface area (Å²) in [5, 5.41) is 4.51. The Morgan fingerprint density at radius 1 is 1.22 bits per heavy atom. The van der Waals surface area contributed by atoms with Crippen molar-refractivity contribution in [1.82, 2.24) is 9.62 Å². The fraction of sp³-hybridized carbons (Fsp3) is 0.389. The number of rotatable bonds is 6. The van der Waals surface area contributed by atoms with Crippen LogP contribution in [-0.4, -0.2) is 44.4 Å². The second kappa shape index (κ2) is 8.47. The molecule has 0 unspecified atom stereocenters. The molecule has 3 rings (SSSR count). The third-order valence-electron chi connectivity index (χ3n) is 4.65. The van der Waals surface area contributed by atoms with Crippen LogP contribution < -0.4 is 10.0 Å². The fourth-order valence-corrected chi connectivity index (χ4v) is 5.36. The van der Waals surface area contributed by atoms with Crippen molar-refractivity contribution in [2.45, 2.75) is 36.1 Å². The lowest BCUT2D eigenvalue weighted by atomic mass is 10.0. The molecule has 2 heterocycles. The minimum Gasteiger partial charge on any atom is -0.325 e. The van der Waals surface area contributed by atoms with Gasteiger partial charge in [0.15, 0.2) is 0 Å². The molecular formula is C18H22FN3O3S2. The molecule has 6 nitrogen and oxygen atoms in total. The van der Waals surface area contributed by atoms with Crippen molar-refractivity contribution in [2.75, 3.05) is 18.4 Å². The standard InChI is InChI=1S/C18H22FN3O3S2/c1-13(18(23)20-15-6-4-14(19)5-7-15)22-10-8-16(9-11-22)21-27(24,25)17-3-2-12-26-17/h2-7,12-13,16,21H,8-11H2,1H3,(H,20,23)/t13-/m0/s1. The molecule has 1 saturated heterocycles. The Hall–Kier alpha value is -1.81. The van der Waals surface area contributed by atoms with Crippen LogP contribution >= 0.6 is 11.3 Å². The van der Waals surface area contributed by atoms with E-state index in [1.165, 1.54) is 35.6 Å². The van der Waals surface area contributed by atoms with Gasteiger partial charge in [0.2, 0.25) is 15.9 Å². The highest BCUT2D eigenvalue weighted by molar-refractivity contribution is 7.91. The van der Waals surface area contributed by atoms with E-state index in [0.29, 0.717) is 35.8 Å². The molecule has 0 aliphatic carbocycles. The number of piperidine rings is 1. The van der Waals surface area contributed by atoms with Crippen molar-refractivity contribution >= 4 is 33.0 Å². The normalized spacial score (nSPS) is 17.6. The van der Waals surface area contributed by atoms with Gasteiger partial charge in [0.1, 0.15) is 10.0 Å². The summed E-state index contributed by atoms with van der Waals surface area (Å²) in [6, 6.07) is 8.44. The Morgan fingerprint density at radius 3 is 2.48 bits per heavy atom. The van der Waals surface area contributed by atoms with E-state index in [1.54, 1.807) is 17.5 Å². The summed E-state index contributed by atoms with van der Waals surface area (Å²) >= 11 is 1.19. The summed E-state index contributed by atoms with van der Waals surface area (Å²) in [4.78, 5) is 14.4. The SMILES string of the molecule is C[C@@H](C(=O)Nc1ccc(F)cc1)N1CCC(NS(=O)(=O)c2cccs2)CC1. The molecule has 1 fully saturated rings. The van der Waals surface area contributed by atoms with Crippen LogP contribution in [0.25, 0.3) is 0 Å². The van der Waals surface area contributed by atoms with Crippen LogP contribution in [0.1, 0.15) is 19.8 Å². The number of likely N-dealkylation sites (tertiary alicyclic amines) is 1. The summed E-state index contributed by atoms with van der Waals surface area (Å²) < 4.78 is 40.6. The molecular weight excluding hydrogens is 389 g/mol. The van der Waals surface area contributed by atoms with Crippen molar-refractivity contribution in [3.8, 4) is 0 Å². The topological polar surface area (TPSA) is 78.5 Å². The predicted molar refractivity (Wildman–Crippen MR) is 104 cm³/mol. The zero-order chi connectivity index (χ0) is 19.4. The van der Waals surface area contributed by atoms with Gasteiger partial charge in [-0.15, -0.1) is 11.3 Å². The summed E-state index contributed by atoms with van der Waals surface area (Å²) in [5.41, 5.74) is 0.548. The van der Waals surface area contributed by atoms with Crippen molar-refractivity contribution in [2.24, 2.45) is 0 Å². The maximum atomic E-state index is 12.9. The number of halogens is 1. The number of sulfonamides is 1. The van der Waals surface area contributed by atoms with Crippen LogP contribution in [-0.2, 0) is 14.8 Å². The number of hydrogen-bond donors (Lipinski definition) is 2. The summed E-state index contributed by atoms with van der Waals surface area (Å²) in [6.45, 7) is 3.06. The molecule has 0 bridgehead atoms. The van der Waals surface area contributed by atoms with Crippen LogP contribution in [0.4, 0.5) is 10.1 Å². The van der Waals surface area contributed by atoms with E-state index in [4.69, 9.17) is 0 Å². The quantitative estimate of drug-likeness (QED) is 0.766. The van der Waals surface area contributed by atoms with Gasteiger partial charge in [-0.2, -0.15) is 0 Å². The first kappa shape index (κ1) is 19.9. The highest BCUT2D eigenvalue weighted by atomic mass is 32.2. The molecule has 1 aliphatic heterocycles. The minimum atomic E-state index is -3.47. The van der Waals surface area contributed by atoms with Crippen LogP contribution in [0, 0.1) is 5.82 Å². The number of thiophene rings is 1. The van der Waals surface area contributed by atoms with Gasteiger partial charge in [-0.3, -0.25) is 9.69 Å². The van der Waals surface area contributed by atoms with E-state index in [2.05, 4.69) is 10.0 Å². The smallest absolute Gasteiger partial charge is 0.250 e. The Bertz CT molecular complexity index is 862. The highest BCUT2D eigenvalue weighted by Crippen LogP contribution is 2.20. The van der Waals surface area contributed by atoms with Crippen molar-refractivity contribution < 1.29 is 17.6 Å². The molecule has 1 aliphatic rings. The monoisotopic (exact) mass is 411 g/mol. The molecule has 0 saturated carbocycles. The molecule has 9 heteroatoms. The summed E-state index contributed by atoms with van der Waals surface area (Å²) in [5.74, 6) is -0.521. The molecule has 1 atom stereocenters. The van der Waals surface area contributed by atoms with Gasteiger partial charge in [-0.1, -0.05) is 6.07 Å². The van der Waals surface area contributed by atoms with E-state index in [0.717, 1.165) is 0 Å². The number of carbonyl (C=O) groups excluding carboxylic acids is 1. The van der Waals surface area contributed by atoms with Gasteiger partial charge in [0.25, 0.3) is 0 Å². The maximum absolute atomic E-state index is 12.9. The van der Waals surface area contributed by atoms with Crippen molar-refractivity contribution in [3.63, 3.8) is 0 Å². The number of hydrogen-bond acceptors (Lipinski definition) is 5. The maximum Gasteiger partial charge on any atom is 0.250 e. The Morgan fingerprint density at radius 2 is 1.89 bits per heavy atom. The van der Waals surface area contributed by atoms with Gasteiger partial charge < -0.3 is 5.32 Å². The zero-order valence-corrected chi connectivity index (χ0v) is 16.5. The van der Waals surface area contributed by atoms with Gasteiger partial charge in [-0.25, -0.2) is 17.5 Å². The van der Waals surface area contributed by atoms with E-state index in [9.17, 15) is 17.6 Å². The largest absolute Gasteiger partial charge is 0.325 e. The summed E-state index contributed by atoms with van der Waals surface area (Å²) in [7, 11) is -3.47. The second-order valence-electron chi connectivity index (χ2n) is 6.54. The number of amides is 1. The zero-order valence-electron chi connectivity index (χ0n) is 14.9. The first-order valence-corrected chi connectivity index (χ1v) is 11.1. The average molecular weight is 412 g/mol. The molecule has 1 aromatic heterocycles.